The van der Waals surface area contributed by atoms with Crippen LogP contribution in [0.25, 0.3) is 0 Å². The standard InChI is InChI=1S/C20H20N4O5/c1-3-28-19(27)20(2)18(26)24-14-10-13(8-9-15(14)29-20)23-17(25)12-6-4-11(5-7-12)16(21)22/h4-10H,3H2,1-2H3,(H3,21,22)(H,23,25)(H,24,26). The van der Waals surface area contributed by atoms with Crippen LogP contribution in [0.5, 0.6) is 5.75 Å². The smallest absolute Gasteiger partial charge is 0.360 e. The third-order valence-electron chi connectivity index (χ3n) is 4.36. The number of amides is 2. The van der Waals surface area contributed by atoms with Gasteiger partial charge in [0, 0.05) is 16.8 Å². The third kappa shape index (κ3) is 3.88. The molecule has 0 aromatic heterocycles. The van der Waals surface area contributed by atoms with Gasteiger partial charge < -0.3 is 25.8 Å². The first-order chi connectivity index (χ1) is 13.7. The van der Waals surface area contributed by atoms with Gasteiger partial charge in [-0.2, -0.15) is 0 Å². The number of ether oxygens (including phenoxy) is 2. The van der Waals surface area contributed by atoms with Crippen LogP contribution in [-0.2, 0) is 14.3 Å². The van der Waals surface area contributed by atoms with Crippen molar-refractivity contribution in [2.75, 3.05) is 17.2 Å². The van der Waals surface area contributed by atoms with Crippen LogP contribution in [0.4, 0.5) is 11.4 Å². The first kappa shape index (κ1) is 19.9. The molecule has 0 fully saturated rings. The minimum Gasteiger partial charge on any atom is -0.464 e. The molecule has 3 rings (SSSR count). The van der Waals surface area contributed by atoms with E-state index in [1.54, 1.807) is 43.3 Å². The van der Waals surface area contributed by atoms with Crippen molar-refractivity contribution in [3.05, 3.63) is 53.6 Å². The molecule has 2 aromatic carbocycles. The number of esters is 1. The Bertz CT molecular complexity index is 1000. The van der Waals surface area contributed by atoms with Gasteiger partial charge in [-0.25, -0.2) is 4.79 Å². The van der Waals surface area contributed by atoms with Gasteiger partial charge in [0.15, 0.2) is 0 Å². The number of hydrogen-bond donors (Lipinski definition) is 4. The maximum atomic E-state index is 12.4. The second-order valence-electron chi connectivity index (χ2n) is 6.47. The minimum absolute atomic E-state index is 0.0859. The molecule has 5 N–H and O–H groups in total. The summed E-state index contributed by atoms with van der Waals surface area (Å²) in [6.45, 7) is 3.10. The number of amidine groups is 1. The van der Waals surface area contributed by atoms with Crippen LogP contribution >= 0.6 is 0 Å². The molecule has 2 amide bonds. The summed E-state index contributed by atoms with van der Waals surface area (Å²) >= 11 is 0. The number of hydrogen-bond acceptors (Lipinski definition) is 6. The zero-order valence-electron chi connectivity index (χ0n) is 15.9. The Morgan fingerprint density at radius 2 is 1.86 bits per heavy atom. The summed E-state index contributed by atoms with van der Waals surface area (Å²) in [5.41, 5.74) is 5.25. The molecule has 150 valence electrons. The summed E-state index contributed by atoms with van der Waals surface area (Å²) in [4.78, 5) is 36.9. The summed E-state index contributed by atoms with van der Waals surface area (Å²) in [6, 6.07) is 10.9. The Hall–Kier alpha value is -3.88. The van der Waals surface area contributed by atoms with Crippen LogP contribution in [0.15, 0.2) is 42.5 Å². The Labute approximate surface area is 166 Å². The van der Waals surface area contributed by atoms with Crippen LogP contribution in [-0.4, -0.2) is 35.8 Å². The van der Waals surface area contributed by atoms with Crippen molar-refractivity contribution in [1.82, 2.24) is 0 Å². The molecule has 1 aliphatic heterocycles. The van der Waals surface area contributed by atoms with Crippen molar-refractivity contribution in [2.24, 2.45) is 5.73 Å². The van der Waals surface area contributed by atoms with Crippen molar-refractivity contribution >= 4 is 35.0 Å². The number of carbonyl (C=O) groups excluding carboxylic acids is 3. The van der Waals surface area contributed by atoms with Crippen molar-refractivity contribution in [1.29, 1.82) is 5.41 Å². The van der Waals surface area contributed by atoms with E-state index in [1.165, 1.54) is 13.0 Å². The zero-order valence-corrected chi connectivity index (χ0v) is 15.9. The van der Waals surface area contributed by atoms with Crippen molar-refractivity contribution < 1.29 is 23.9 Å². The molecule has 1 aliphatic rings. The predicted octanol–water partition coefficient (Wildman–Crippen LogP) is 1.88. The number of nitrogens with two attached hydrogens (primary N) is 1. The van der Waals surface area contributed by atoms with Gasteiger partial charge in [0.25, 0.3) is 17.4 Å². The van der Waals surface area contributed by atoms with Gasteiger partial charge in [0.2, 0.25) is 0 Å². The van der Waals surface area contributed by atoms with Crippen molar-refractivity contribution in [3.8, 4) is 5.75 Å². The van der Waals surface area contributed by atoms with Gasteiger partial charge in [-0.05, 0) is 44.2 Å². The topological polar surface area (TPSA) is 144 Å². The third-order valence-corrected chi connectivity index (χ3v) is 4.36. The Morgan fingerprint density at radius 3 is 2.48 bits per heavy atom. The van der Waals surface area contributed by atoms with Gasteiger partial charge in [-0.15, -0.1) is 0 Å². The molecule has 29 heavy (non-hydrogen) atoms. The fourth-order valence-electron chi connectivity index (χ4n) is 2.71. The number of rotatable bonds is 5. The lowest BCUT2D eigenvalue weighted by molar-refractivity contribution is -0.165. The van der Waals surface area contributed by atoms with E-state index in [1.807, 2.05) is 0 Å². The molecule has 0 saturated heterocycles. The van der Waals surface area contributed by atoms with Crippen molar-refractivity contribution in [2.45, 2.75) is 19.4 Å². The molecule has 0 aliphatic carbocycles. The molecular weight excluding hydrogens is 376 g/mol. The van der Waals surface area contributed by atoms with E-state index in [0.717, 1.165) is 0 Å². The monoisotopic (exact) mass is 396 g/mol. The number of carbonyl (C=O) groups is 3. The molecule has 1 heterocycles. The highest BCUT2D eigenvalue weighted by molar-refractivity contribution is 6.14. The second kappa shape index (κ2) is 7.63. The van der Waals surface area contributed by atoms with E-state index >= 15 is 0 Å². The van der Waals surface area contributed by atoms with Gasteiger partial charge in [-0.1, -0.05) is 12.1 Å². The lowest BCUT2D eigenvalue weighted by atomic mass is 10.0. The van der Waals surface area contributed by atoms with Gasteiger partial charge in [-0.3, -0.25) is 15.0 Å². The molecule has 0 radical (unpaired) electrons. The van der Waals surface area contributed by atoms with E-state index < -0.39 is 17.5 Å². The van der Waals surface area contributed by atoms with Crippen LogP contribution < -0.4 is 21.1 Å². The quantitative estimate of drug-likeness (QED) is 0.263. The molecule has 9 nitrogen and oxygen atoms in total. The zero-order chi connectivity index (χ0) is 21.2. The number of benzene rings is 2. The van der Waals surface area contributed by atoms with Crippen LogP contribution in [0, 0.1) is 5.41 Å². The molecule has 0 saturated carbocycles. The molecule has 1 unspecified atom stereocenters. The van der Waals surface area contributed by atoms with E-state index in [2.05, 4.69) is 10.6 Å². The normalized spacial score (nSPS) is 17.4. The predicted molar refractivity (Wildman–Crippen MR) is 106 cm³/mol. The summed E-state index contributed by atoms with van der Waals surface area (Å²) < 4.78 is 10.5. The molecule has 0 spiro atoms. The van der Waals surface area contributed by atoms with Crippen molar-refractivity contribution in [3.63, 3.8) is 0 Å². The van der Waals surface area contributed by atoms with E-state index in [4.69, 9.17) is 20.6 Å². The number of nitrogen functional groups attached to an aromatic ring is 1. The summed E-state index contributed by atoms with van der Waals surface area (Å²) in [5, 5.41) is 12.7. The average molecular weight is 396 g/mol. The molecule has 0 bridgehead atoms. The second-order valence-corrected chi connectivity index (χ2v) is 6.47. The lowest BCUT2D eigenvalue weighted by Gasteiger charge is -2.32. The maximum Gasteiger partial charge on any atom is 0.360 e. The highest BCUT2D eigenvalue weighted by Gasteiger charge is 2.48. The Kier molecular flexibility index (Phi) is 5.22. The number of anilines is 2. The van der Waals surface area contributed by atoms with E-state index in [0.29, 0.717) is 22.5 Å². The first-order valence-electron chi connectivity index (χ1n) is 8.82. The fraction of sp³-hybridized carbons (Fsp3) is 0.200. The lowest BCUT2D eigenvalue weighted by Crippen LogP contribution is -2.55. The molecule has 9 heteroatoms. The van der Waals surface area contributed by atoms with Gasteiger partial charge in [0.1, 0.15) is 11.6 Å². The van der Waals surface area contributed by atoms with E-state index in [-0.39, 0.29) is 24.1 Å². The highest BCUT2D eigenvalue weighted by atomic mass is 16.6. The molecule has 2 aromatic rings. The summed E-state index contributed by atoms with van der Waals surface area (Å²) in [6.07, 6.45) is 0. The summed E-state index contributed by atoms with van der Waals surface area (Å²) in [5.74, 6) is -1.62. The van der Waals surface area contributed by atoms with Gasteiger partial charge in [0.05, 0.1) is 12.3 Å². The Balaban J connectivity index is 1.77. The maximum absolute atomic E-state index is 12.4. The highest BCUT2D eigenvalue weighted by Crippen LogP contribution is 2.36. The first-order valence-corrected chi connectivity index (χ1v) is 8.82. The van der Waals surface area contributed by atoms with Crippen LogP contribution in [0.2, 0.25) is 0 Å². The average Bonchev–Trinajstić information content (AvgIpc) is 2.69. The van der Waals surface area contributed by atoms with Crippen LogP contribution in [0.3, 0.4) is 0 Å². The Morgan fingerprint density at radius 1 is 1.21 bits per heavy atom. The molecule has 1 atom stereocenters. The van der Waals surface area contributed by atoms with Crippen LogP contribution in [0.1, 0.15) is 29.8 Å². The van der Waals surface area contributed by atoms with Gasteiger partial charge >= 0.3 is 5.97 Å². The van der Waals surface area contributed by atoms with E-state index in [9.17, 15) is 14.4 Å². The SMILES string of the molecule is CCOC(=O)C1(C)Oc2ccc(NC(=O)c3ccc(C(=N)N)cc3)cc2NC1=O. The molecular formula is C20H20N4O5. The fourth-order valence-corrected chi connectivity index (χ4v) is 2.71. The minimum atomic E-state index is -1.79. The summed E-state index contributed by atoms with van der Waals surface area (Å²) in [7, 11) is 0. The largest absolute Gasteiger partial charge is 0.464 e. The number of fused-ring (bicyclic) bond motifs is 1. The number of nitrogens with one attached hydrogen (secondary N) is 3.